The van der Waals surface area contributed by atoms with Gasteiger partial charge in [-0.1, -0.05) is 56.3 Å². The van der Waals surface area contributed by atoms with Crippen molar-refractivity contribution in [3.05, 3.63) is 112 Å². The van der Waals surface area contributed by atoms with Gasteiger partial charge >= 0.3 is 0 Å². The van der Waals surface area contributed by atoms with Crippen molar-refractivity contribution in [2.45, 2.75) is 61.7 Å². The molecule has 0 saturated heterocycles. The second-order valence-corrected chi connectivity index (χ2v) is 13.2. The van der Waals surface area contributed by atoms with E-state index in [2.05, 4.69) is 61.1 Å². The van der Waals surface area contributed by atoms with Crippen LogP contribution in [-0.2, 0) is 26.5 Å². The van der Waals surface area contributed by atoms with Crippen molar-refractivity contribution in [1.82, 2.24) is 15.0 Å². The summed E-state index contributed by atoms with van der Waals surface area (Å²) >= 11 is 1.44. The Hall–Kier alpha value is -3.70. The molecule has 0 bridgehead atoms. The average molecular weight is 793 g/mol. The molecular formula is C39H37IrN3OS-2. The van der Waals surface area contributed by atoms with Crippen LogP contribution in [-0.4, -0.2) is 15.0 Å². The van der Waals surface area contributed by atoms with Crippen LogP contribution in [0.4, 0.5) is 0 Å². The standard InChI is InChI=1S/C25H23N2OS.C14H14N.Ir/c1-14-9-10-17-16-7-6-8-18(23(16)28-24(17)26-14)19-11-12-20-22(27-19)15(2)21(29-20)13-25(3,4)5;1-10-4-6-13(7-5-10)14-8-11(2)12(3)9-15-14;/h6-7,9-12H,13H2,1-5H3;4-6,8-9H,1-3H3;/q2*-1;/i1D3,13D2;;. The number of rotatable bonds is 3. The van der Waals surface area contributed by atoms with Gasteiger partial charge < -0.3 is 9.40 Å². The van der Waals surface area contributed by atoms with Crippen molar-refractivity contribution in [3.63, 3.8) is 0 Å². The molecule has 0 spiro atoms. The van der Waals surface area contributed by atoms with Gasteiger partial charge in [-0.3, -0.25) is 4.98 Å². The smallest absolute Gasteiger partial charge is 0.216 e. The second kappa shape index (κ2) is 13.0. The Morgan fingerprint density at radius 3 is 2.44 bits per heavy atom. The van der Waals surface area contributed by atoms with Crippen molar-refractivity contribution in [1.29, 1.82) is 0 Å². The maximum absolute atomic E-state index is 8.72. The average Bonchev–Trinajstić information content (AvgIpc) is 3.59. The fourth-order valence-corrected chi connectivity index (χ4v) is 6.19. The van der Waals surface area contributed by atoms with E-state index in [1.165, 1.54) is 34.1 Å². The molecule has 0 aliphatic rings. The summed E-state index contributed by atoms with van der Waals surface area (Å²) in [5.41, 5.74) is 8.90. The van der Waals surface area contributed by atoms with Crippen LogP contribution >= 0.6 is 11.3 Å². The van der Waals surface area contributed by atoms with Crippen LogP contribution in [0.1, 0.15) is 60.4 Å². The largest absolute Gasteiger partial charge is 0.486 e. The molecule has 0 unspecified atom stereocenters. The number of hydrogen-bond donors (Lipinski definition) is 0. The van der Waals surface area contributed by atoms with Gasteiger partial charge in [0.1, 0.15) is 0 Å². The van der Waals surface area contributed by atoms with E-state index in [1.54, 1.807) is 12.1 Å². The van der Waals surface area contributed by atoms with Crippen molar-refractivity contribution in [2.24, 2.45) is 5.41 Å². The molecule has 5 heterocycles. The van der Waals surface area contributed by atoms with Crippen molar-refractivity contribution in [2.75, 3.05) is 0 Å². The third kappa shape index (κ3) is 6.94. The van der Waals surface area contributed by atoms with E-state index >= 15 is 0 Å². The van der Waals surface area contributed by atoms with Crippen molar-refractivity contribution >= 4 is 43.6 Å². The number of benzene rings is 2. The maximum atomic E-state index is 8.72. The third-order valence-electron chi connectivity index (χ3n) is 7.43. The predicted octanol–water partition coefficient (Wildman–Crippen LogP) is 10.7. The third-order valence-corrected chi connectivity index (χ3v) is 8.59. The zero-order valence-corrected chi connectivity index (χ0v) is 29.6. The molecule has 0 saturated carbocycles. The monoisotopic (exact) mass is 793 g/mol. The number of aryl methyl sites for hydroxylation is 5. The Labute approximate surface area is 290 Å². The van der Waals surface area contributed by atoms with Gasteiger partial charge in [-0.2, -0.15) is 0 Å². The summed E-state index contributed by atoms with van der Waals surface area (Å²) in [6.07, 6.45) is 0.415. The number of fused-ring (bicyclic) bond motifs is 4. The number of thiophene rings is 1. The summed E-state index contributed by atoms with van der Waals surface area (Å²) < 4.78 is 47.3. The van der Waals surface area contributed by atoms with Gasteiger partial charge in [0.2, 0.25) is 5.71 Å². The van der Waals surface area contributed by atoms with E-state index in [9.17, 15) is 0 Å². The van der Waals surface area contributed by atoms with Gasteiger partial charge in [0.25, 0.3) is 0 Å². The fourth-order valence-electron chi connectivity index (χ4n) is 4.94. The molecule has 7 aromatic rings. The number of nitrogens with zero attached hydrogens (tertiary/aromatic N) is 3. The van der Waals surface area contributed by atoms with Crippen LogP contribution in [0.15, 0.2) is 71.3 Å². The molecule has 2 aromatic carbocycles. The second-order valence-electron chi connectivity index (χ2n) is 12.2. The summed E-state index contributed by atoms with van der Waals surface area (Å²) in [5, 5.41) is 1.54. The molecule has 0 aliphatic carbocycles. The minimum Gasteiger partial charge on any atom is -0.486 e. The minimum atomic E-state index is -2.32. The van der Waals surface area contributed by atoms with Crippen LogP contribution < -0.4 is 0 Å². The first kappa shape index (κ1) is 26.5. The molecule has 7 rings (SSSR count). The molecule has 231 valence electrons. The van der Waals surface area contributed by atoms with Gasteiger partial charge in [0.05, 0.1) is 15.8 Å². The zero-order valence-electron chi connectivity index (χ0n) is 31.3. The number of aromatic nitrogens is 3. The van der Waals surface area contributed by atoms with E-state index in [1.807, 2.05) is 58.2 Å². The molecule has 6 heteroatoms. The molecule has 0 N–H and O–H groups in total. The predicted molar refractivity (Wildman–Crippen MR) is 184 cm³/mol. The first-order chi connectivity index (χ1) is 23.0. The van der Waals surface area contributed by atoms with Crippen LogP contribution in [0.25, 0.3) is 54.8 Å². The minimum absolute atomic E-state index is 0. The first-order valence-electron chi connectivity index (χ1n) is 17.0. The van der Waals surface area contributed by atoms with Crippen LogP contribution in [0, 0.1) is 52.1 Å². The van der Waals surface area contributed by atoms with Crippen LogP contribution in [0.5, 0.6) is 0 Å². The van der Waals surface area contributed by atoms with Gasteiger partial charge in [0, 0.05) is 49.1 Å². The Kier molecular flexibility index (Phi) is 7.64. The first-order valence-corrected chi connectivity index (χ1v) is 15.3. The van der Waals surface area contributed by atoms with E-state index < -0.39 is 18.6 Å². The van der Waals surface area contributed by atoms with Gasteiger partial charge in [-0.05, 0) is 80.1 Å². The SMILES string of the molecule is Cc1c[c-]c(-c2cc(C)c(C)cn2)cc1.[2H]C([2H])([2H])c1ccc2c(n1)oc1c(-c3ccc4sc(C([2H])([2H])C(C)(C)C)c(C)c4n3)[c-]ccc12.[Ir]. The summed E-state index contributed by atoms with van der Waals surface area (Å²) in [6, 6.07) is 25.4. The maximum Gasteiger partial charge on any atom is 0.216 e. The van der Waals surface area contributed by atoms with Gasteiger partial charge in [0.15, 0.2) is 0 Å². The number of hydrogen-bond acceptors (Lipinski definition) is 5. The zero-order chi connectivity index (χ0) is 35.5. The molecule has 5 aromatic heterocycles. The fraction of sp³-hybridized carbons (Fsp3) is 0.256. The van der Waals surface area contributed by atoms with E-state index in [-0.39, 0.29) is 31.5 Å². The summed E-state index contributed by atoms with van der Waals surface area (Å²) in [6.45, 7) is 11.5. The Morgan fingerprint density at radius 2 is 1.73 bits per heavy atom. The Morgan fingerprint density at radius 1 is 0.911 bits per heavy atom. The summed E-state index contributed by atoms with van der Waals surface area (Å²) in [4.78, 5) is 14.2. The number of pyridine rings is 3. The molecular weight excluding hydrogens is 751 g/mol. The van der Waals surface area contributed by atoms with Crippen LogP contribution in [0.3, 0.4) is 0 Å². The number of furan rings is 1. The molecule has 1 radical (unpaired) electrons. The van der Waals surface area contributed by atoms with E-state index in [4.69, 9.17) is 16.3 Å². The van der Waals surface area contributed by atoms with Gasteiger partial charge in [-0.25, -0.2) is 4.98 Å². The van der Waals surface area contributed by atoms with E-state index in [0.29, 0.717) is 21.7 Å². The molecule has 0 fully saturated rings. The van der Waals surface area contributed by atoms with Crippen molar-refractivity contribution in [3.8, 4) is 22.5 Å². The molecule has 0 aliphatic heterocycles. The van der Waals surface area contributed by atoms with Crippen LogP contribution in [0.2, 0.25) is 0 Å². The summed E-state index contributed by atoms with van der Waals surface area (Å²) in [5.74, 6) is 0. The van der Waals surface area contributed by atoms with Crippen molar-refractivity contribution < 1.29 is 31.4 Å². The molecule has 0 atom stereocenters. The topological polar surface area (TPSA) is 51.8 Å². The molecule has 0 amide bonds. The summed E-state index contributed by atoms with van der Waals surface area (Å²) in [7, 11) is 0. The van der Waals surface area contributed by atoms with E-state index in [0.717, 1.165) is 37.8 Å². The Bertz CT molecular complexity index is 2340. The quantitative estimate of drug-likeness (QED) is 0.167. The Balaban J connectivity index is 0.000000255. The molecule has 45 heavy (non-hydrogen) atoms. The normalized spacial score (nSPS) is 13.7. The molecule has 4 nitrogen and oxygen atoms in total. The van der Waals surface area contributed by atoms with Gasteiger partial charge in [-0.15, -0.1) is 64.9 Å².